The van der Waals surface area contributed by atoms with Crippen LogP contribution in [-0.4, -0.2) is 20.2 Å². The first kappa shape index (κ1) is 18.7. The van der Waals surface area contributed by atoms with Crippen molar-refractivity contribution < 1.29 is 0 Å². The number of nitrogens with zero attached hydrogens (tertiary/aromatic N) is 2. The molecule has 0 saturated carbocycles. The minimum atomic E-state index is 0.632. The van der Waals surface area contributed by atoms with Gasteiger partial charge in [-0.05, 0) is 48.6 Å². The monoisotopic (exact) mass is 336 g/mol. The fourth-order valence-corrected chi connectivity index (χ4v) is 2.55. The first-order valence-electron chi connectivity index (χ1n) is 9.00. The summed E-state index contributed by atoms with van der Waals surface area (Å²) in [5.74, 6) is 0.632. The minimum absolute atomic E-state index is 0.632. The van der Waals surface area contributed by atoms with Gasteiger partial charge >= 0.3 is 0 Å². The second kappa shape index (κ2) is 9.02. The molecule has 25 heavy (non-hydrogen) atoms. The predicted octanol–water partition coefficient (Wildman–Crippen LogP) is 5.97. The summed E-state index contributed by atoms with van der Waals surface area (Å²) in [6, 6.07) is 12.7. The van der Waals surface area contributed by atoms with Gasteiger partial charge in [-0.15, -0.1) is 0 Å². The first-order chi connectivity index (χ1) is 12.2. The number of fused-ring (bicyclic) bond motifs is 2. The van der Waals surface area contributed by atoms with E-state index < -0.39 is 0 Å². The van der Waals surface area contributed by atoms with E-state index in [9.17, 15) is 0 Å². The van der Waals surface area contributed by atoms with Gasteiger partial charge in [0.25, 0.3) is 0 Å². The summed E-state index contributed by atoms with van der Waals surface area (Å²) in [5.41, 5.74) is 5.95. The molecule has 2 aromatic heterocycles. The molecule has 1 unspecified atom stereocenters. The molecular formula is C21H28N4. The van der Waals surface area contributed by atoms with Crippen molar-refractivity contribution in [2.75, 3.05) is 0 Å². The molecule has 4 nitrogen and oxygen atoms in total. The molecule has 4 rings (SSSR count). The molecule has 0 fully saturated rings. The van der Waals surface area contributed by atoms with Gasteiger partial charge in [-0.3, -0.25) is 5.10 Å². The Kier molecular flexibility index (Phi) is 6.75. The van der Waals surface area contributed by atoms with Gasteiger partial charge < -0.3 is 4.98 Å². The van der Waals surface area contributed by atoms with Gasteiger partial charge in [0.05, 0.1) is 29.1 Å². The number of hydrogen-bond donors (Lipinski definition) is 2. The Labute approximate surface area is 149 Å². The zero-order chi connectivity index (χ0) is 18.2. The number of aromatic amines is 2. The third kappa shape index (κ3) is 4.69. The molecule has 0 amide bonds. The van der Waals surface area contributed by atoms with Crippen molar-refractivity contribution in [2.45, 2.75) is 47.0 Å². The van der Waals surface area contributed by atoms with E-state index in [0.29, 0.717) is 5.92 Å². The summed E-state index contributed by atoms with van der Waals surface area (Å²) in [4.78, 5) is 7.32. The van der Waals surface area contributed by atoms with Gasteiger partial charge in [0.15, 0.2) is 0 Å². The number of hydrogen-bond acceptors (Lipinski definition) is 2. The number of aryl methyl sites for hydroxylation is 1. The van der Waals surface area contributed by atoms with Gasteiger partial charge in [0.2, 0.25) is 0 Å². The summed E-state index contributed by atoms with van der Waals surface area (Å²) in [7, 11) is 0. The molecule has 0 bridgehead atoms. The molecule has 132 valence electrons. The summed E-state index contributed by atoms with van der Waals surface area (Å²) in [5, 5.41) is 8.00. The van der Waals surface area contributed by atoms with Crippen molar-refractivity contribution in [1.29, 1.82) is 0 Å². The standard InChI is InChI=1S/C11H14N2.C8H8N2.C2H6/c1-3-8(2)9-4-5-10-11(6-9)13-7-12-10;1-6-2-3-7-5-9-10-8(7)4-6;1-2/h4-8H,3H2,1-2H3,(H,12,13);2-5H,1H3,(H,9,10);1-2H3. The normalized spacial score (nSPS) is 11.4. The van der Waals surface area contributed by atoms with Crippen LogP contribution in [-0.2, 0) is 0 Å². The Morgan fingerprint density at radius 1 is 1.04 bits per heavy atom. The Bertz CT molecular complexity index is 904. The zero-order valence-corrected chi connectivity index (χ0v) is 15.8. The number of aromatic nitrogens is 4. The molecule has 4 aromatic rings. The van der Waals surface area contributed by atoms with Crippen molar-refractivity contribution >= 4 is 21.9 Å². The molecule has 2 aromatic carbocycles. The average Bonchev–Trinajstić information content (AvgIpc) is 3.31. The molecule has 0 aliphatic rings. The van der Waals surface area contributed by atoms with Crippen molar-refractivity contribution in [3.05, 3.63) is 60.0 Å². The third-order valence-corrected chi connectivity index (χ3v) is 4.22. The van der Waals surface area contributed by atoms with E-state index in [1.165, 1.54) is 22.9 Å². The molecule has 2 heterocycles. The van der Waals surface area contributed by atoms with E-state index >= 15 is 0 Å². The second-order valence-corrected chi connectivity index (χ2v) is 5.95. The summed E-state index contributed by atoms with van der Waals surface area (Å²) >= 11 is 0. The van der Waals surface area contributed by atoms with Crippen LogP contribution in [0.25, 0.3) is 21.9 Å². The van der Waals surface area contributed by atoms with E-state index in [0.717, 1.165) is 16.6 Å². The summed E-state index contributed by atoms with van der Waals surface area (Å²) < 4.78 is 0. The summed E-state index contributed by atoms with van der Waals surface area (Å²) in [6.45, 7) is 10.5. The van der Waals surface area contributed by atoms with Crippen molar-refractivity contribution in [1.82, 2.24) is 20.2 Å². The highest BCUT2D eigenvalue weighted by molar-refractivity contribution is 5.78. The molecule has 1 atom stereocenters. The molecule has 0 aliphatic heterocycles. The molecule has 0 saturated heterocycles. The fourth-order valence-electron chi connectivity index (χ4n) is 2.55. The molecule has 2 N–H and O–H groups in total. The third-order valence-electron chi connectivity index (χ3n) is 4.22. The van der Waals surface area contributed by atoms with E-state index in [2.05, 4.69) is 77.3 Å². The van der Waals surface area contributed by atoms with Gasteiger partial charge in [-0.1, -0.05) is 45.9 Å². The lowest BCUT2D eigenvalue weighted by Gasteiger charge is -2.07. The lowest BCUT2D eigenvalue weighted by molar-refractivity contribution is 0.734. The fraction of sp³-hybridized carbons (Fsp3) is 0.333. The van der Waals surface area contributed by atoms with Gasteiger partial charge in [-0.25, -0.2) is 4.98 Å². The first-order valence-corrected chi connectivity index (χ1v) is 9.00. The number of rotatable bonds is 2. The maximum Gasteiger partial charge on any atom is 0.0931 e. The number of benzene rings is 2. The SMILES string of the molecule is CC.CCC(C)c1ccc2nc[nH]c2c1.Cc1ccc2cn[nH]c2c1. The Morgan fingerprint density at radius 2 is 1.84 bits per heavy atom. The highest BCUT2D eigenvalue weighted by Crippen LogP contribution is 2.21. The van der Waals surface area contributed by atoms with Crippen LogP contribution in [0.2, 0.25) is 0 Å². The molecule has 0 aliphatic carbocycles. The Morgan fingerprint density at radius 3 is 2.60 bits per heavy atom. The highest BCUT2D eigenvalue weighted by atomic mass is 15.1. The van der Waals surface area contributed by atoms with Crippen LogP contribution in [0.1, 0.15) is 51.2 Å². The van der Waals surface area contributed by atoms with Crippen LogP contribution in [0.4, 0.5) is 0 Å². The van der Waals surface area contributed by atoms with E-state index in [1.807, 2.05) is 20.0 Å². The predicted molar refractivity (Wildman–Crippen MR) is 107 cm³/mol. The van der Waals surface area contributed by atoms with Crippen LogP contribution < -0.4 is 0 Å². The number of H-pyrrole nitrogens is 2. The number of nitrogens with one attached hydrogen (secondary N) is 2. The average molecular weight is 336 g/mol. The maximum atomic E-state index is 4.19. The van der Waals surface area contributed by atoms with Crippen LogP contribution >= 0.6 is 0 Å². The quantitative estimate of drug-likeness (QED) is 0.473. The Hall–Kier alpha value is -2.62. The van der Waals surface area contributed by atoms with Crippen molar-refractivity contribution in [3.63, 3.8) is 0 Å². The van der Waals surface area contributed by atoms with Gasteiger partial charge in [0.1, 0.15) is 0 Å². The molecule has 0 spiro atoms. The topological polar surface area (TPSA) is 57.4 Å². The van der Waals surface area contributed by atoms with Crippen LogP contribution in [0.15, 0.2) is 48.9 Å². The largest absolute Gasteiger partial charge is 0.345 e. The van der Waals surface area contributed by atoms with Gasteiger partial charge in [0, 0.05) is 5.39 Å². The lowest BCUT2D eigenvalue weighted by Crippen LogP contribution is -1.90. The minimum Gasteiger partial charge on any atom is -0.345 e. The van der Waals surface area contributed by atoms with Crippen LogP contribution in [0.5, 0.6) is 0 Å². The smallest absolute Gasteiger partial charge is 0.0931 e. The molecule has 4 heteroatoms. The number of imidazole rings is 1. The molecule has 0 radical (unpaired) electrons. The van der Waals surface area contributed by atoms with Crippen LogP contribution in [0.3, 0.4) is 0 Å². The van der Waals surface area contributed by atoms with Gasteiger partial charge in [-0.2, -0.15) is 5.10 Å². The summed E-state index contributed by atoms with van der Waals surface area (Å²) in [6.07, 6.45) is 4.75. The highest BCUT2D eigenvalue weighted by Gasteiger charge is 2.04. The molecular weight excluding hydrogens is 308 g/mol. The van der Waals surface area contributed by atoms with Crippen molar-refractivity contribution in [2.24, 2.45) is 0 Å². The van der Waals surface area contributed by atoms with E-state index in [-0.39, 0.29) is 0 Å². The van der Waals surface area contributed by atoms with E-state index in [4.69, 9.17) is 0 Å². The maximum absolute atomic E-state index is 4.19. The van der Waals surface area contributed by atoms with Crippen LogP contribution in [0, 0.1) is 6.92 Å². The zero-order valence-electron chi connectivity index (χ0n) is 15.8. The Balaban J connectivity index is 0.000000168. The van der Waals surface area contributed by atoms with E-state index in [1.54, 1.807) is 6.33 Å². The lowest BCUT2D eigenvalue weighted by atomic mass is 9.98. The second-order valence-electron chi connectivity index (χ2n) is 5.95. The van der Waals surface area contributed by atoms with Crippen molar-refractivity contribution in [3.8, 4) is 0 Å².